The van der Waals surface area contributed by atoms with E-state index in [1.165, 1.54) is 4.68 Å². The van der Waals surface area contributed by atoms with Crippen LogP contribution in [0.5, 0.6) is 5.75 Å². The summed E-state index contributed by atoms with van der Waals surface area (Å²) in [4.78, 5) is 25.9. The molecule has 0 atom stereocenters. The zero-order chi connectivity index (χ0) is 23.1. The summed E-state index contributed by atoms with van der Waals surface area (Å²) in [6.45, 7) is 7.94. The van der Waals surface area contributed by atoms with Gasteiger partial charge >= 0.3 is 0 Å². The van der Waals surface area contributed by atoms with Crippen molar-refractivity contribution in [2.45, 2.75) is 33.9 Å². The molecule has 9 heteroatoms. The summed E-state index contributed by atoms with van der Waals surface area (Å²) in [6.07, 6.45) is 2.43. The fraction of sp³-hybridized carbons (Fsp3) is 0.304. The van der Waals surface area contributed by atoms with Crippen LogP contribution in [-0.2, 0) is 17.9 Å². The zero-order valence-electron chi connectivity index (χ0n) is 18.3. The molecule has 0 unspecified atom stereocenters. The summed E-state index contributed by atoms with van der Waals surface area (Å²) in [5.74, 6) is 0.283. The monoisotopic (exact) mass is 499 g/mol. The van der Waals surface area contributed by atoms with Crippen LogP contribution in [0.25, 0.3) is 0 Å². The summed E-state index contributed by atoms with van der Waals surface area (Å²) < 4.78 is 8.26. The van der Waals surface area contributed by atoms with E-state index >= 15 is 0 Å². The maximum atomic E-state index is 12.4. The molecular weight excluding hydrogens is 474 g/mol. The molecule has 0 aliphatic carbocycles. The molecule has 1 N–H and O–H groups in total. The number of halogens is 1. The minimum absolute atomic E-state index is 0.0273. The Hall–Kier alpha value is -3.20. The number of aromatic nitrogens is 3. The second-order valence-electron chi connectivity index (χ2n) is 7.22. The van der Waals surface area contributed by atoms with Gasteiger partial charge in [0, 0.05) is 35.0 Å². The minimum atomic E-state index is -0.206. The number of hydrogen-bond acceptors (Lipinski definition) is 6. The number of carbonyl (C=O) groups is 2. The largest absolute Gasteiger partial charge is 0.486 e. The lowest BCUT2D eigenvalue weighted by molar-refractivity contribution is -0.116. The first kappa shape index (κ1) is 23.5. The molecule has 0 aliphatic rings. The van der Waals surface area contributed by atoms with Gasteiger partial charge in [-0.2, -0.15) is 0 Å². The molecule has 0 saturated carbocycles. The number of nitrogens with one attached hydrogen (secondary N) is 1. The maximum Gasteiger partial charge on any atom is 0.246 e. The molecule has 0 spiro atoms. The fourth-order valence-corrected chi connectivity index (χ4v) is 3.74. The Morgan fingerprint density at radius 3 is 2.69 bits per heavy atom. The molecule has 0 radical (unpaired) electrons. The first-order chi connectivity index (χ1) is 15.4. The van der Waals surface area contributed by atoms with Crippen molar-refractivity contribution in [1.29, 1.82) is 0 Å². The topological polar surface area (TPSA) is 89.4 Å². The van der Waals surface area contributed by atoms with Crippen molar-refractivity contribution >= 4 is 39.5 Å². The molecule has 1 aromatic heterocycles. The number of hydrogen-bond donors (Lipinski definition) is 1. The fourth-order valence-electron chi connectivity index (χ4n) is 3.27. The van der Waals surface area contributed by atoms with Gasteiger partial charge in [-0.05, 0) is 56.7 Å². The average molecular weight is 500 g/mol. The van der Waals surface area contributed by atoms with Gasteiger partial charge in [0.05, 0.1) is 11.8 Å². The Balaban J connectivity index is 1.62. The number of carbonyl (C=O) groups excluding carboxylic acids is 2. The summed E-state index contributed by atoms with van der Waals surface area (Å²) in [5, 5.41) is 10.9. The van der Waals surface area contributed by atoms with Gasteiger partial charge in [0.2, 0.25) is 5.91 Å². The van der Waals surface area contributed by atoms with E-state index in [0.717, 1.165) is 40.8 Å². The van der Waals surface area contributed by atoms with Crippen LogP contribution in [0.3, 0.4) is 0 Å². The van der Waals surface area contributed by atoms with Crippen LogP contribution in [0, 0.1) is 6.92 Å². The van der Waals surface area contributed by atoms with Crippen LogP contribution in [-0.4, -0.2) is 40.3 Å². The molecule has 3 aromatic rings. The quantitative estimate of drug-likeness (QED) is 0.420. The molecule has 3 rings (SSSR count). The van der Waals surface area contributed by atoms with Crippen LogP contribution in [0.1, 0.15) is 35.5 Å². The Kier molecular flexibility index (Phi) is 7.99. The summed E-state index contributed by atoms with van der Waals surface area (Å²) >= 11 is 3.41. The van der Waals surface area contributed by atoms with Crippen molar-refractivity contribution in [3.8, 4) is 5.75 Å². The molecule has 1 heterocycles. The van der Waals surface area contributed by atoms with E-state index in [-0.39, 0.29) is 19.1 Å². The third kappa shape index (κ3) is 5.94. The lowest BCUT2D eigenvalue weighted by Gasteiger charge is -2.22. The van der Waals surface area contributed by atoms with Crippen molar-refractivity contribution in [2.24, 2.45) is 0 Å². The van der Waals surface area contributed by atoms with Gasteiger partial charge in [0.1, 0.15) is 24.6 Å². The number of aryl methyl sites for hydroxylation is 1. The van der Waals surface area contributed by atoms with E-state index < -0.39 is 0 Å². The Bertz CT molecular complexity index is 1090. The van der Waals surface area contributed by atoms with E-state index in [4.69, 9.17) is 4.74 Å². The molecule has 2 aromatic carbocycles. The summed E-state index contributed by atoms with van der Waals surface area (Å²) in [5.41, 5.74) is 3.72. The van der Waals surface area contributed by atoms with Crippen molar-refractivity contribution in [1.82, 2.24) is 15.0 Å². The molecule has 168 valence electrons. The highest BCUT2D eigenvalue weighted by Gasteiger charge is 2.12. The van der Waals surface area contributed by atoms with Crippen LogP contribution < -0.4 is 15.0 Å². The third-order valence-electron chi connectivity index (χ3n) is 4.98. The molecular formula is C23H26BrN5O3. The summed E-state index contributed by atoms with van der Waals surface area (Å²) in [6, 6.07) is 11.2. The van der Waals surface area contributed by atoms with Gasteiger partial charge in [-0.25, -0.2) is 4.68 Å². The first-order valence-electron chi connectivity index (χ1n) is 10.4. The number of ether oxygens (including phenoxy) is 1. The van der Waals surface area contributed by atoms with Crippen LogP contribution >= 0.6 is 15.9 Å². The third-order valence-corrected chi connectivity index (χ3v) is 5.48. The lowest BCUT2D eigenvalue weighted by Crippen LogP contribution is -2.21. The van der Waals surface area contributed by atoms with Crippen LogP contribution in [0.2, 0.25) is 0 Å². The minimum Gasteiger partial charge on any atom is -0.486 e. The van der Waals surface area contributed by atoms with Gasteiger partial charge in [-0.3, -0.25) is 9.59 Å². The highest BCUT2D eigenvalue weighted by atomic mass is 79.9. The normalized spacial score (nSPS) is 10.6. The summed E-state index contributed by atoms with van der Waals surface area (Å²) in [7, 11) is 0. The lowest BCUT2D eigenvalue weighted by atomic mass is 10.2. The van der Waals surface area contributed by atoms with Crippen molar-refractivity contribution in [2.75, 3.05) is 23.3 Å². The van der Waals surface area contributed by atoms with E-state index in [1.54, 1.807) is 12.3 Å². The number of rotatable bonds is 10. The zero-order valence-corrected chi connectivity index (χ0v) is 19.9. The van der Waals surface area contributed by atoms with Crippen LogP contribution in [0.4, 0.5) is 11.4 Å². The SMILES string of the molecule is CCN(CC)c1ccc(C=O)c(OCc2cn(CC(=O)Nc3ccc(Br)cc3C)nn2)c1. The highest BCUT2D eigenvalue weighted by molar-refractivity contribution is 9.10. The number of nitrogens with zero attached hydrogens (tertiary/aromatic N) is 4. The van der Waals surface area contributed by atoms with E-state index in [9.17, 15) is 9.59 Å². The Labute approximate surface area is 195 Å². The number of anilines is 2. The van der Waals surface area contributed by atoms with Gasteiger partial charge in [0.25, 0.3) is 0 Å². The van der Waals surface area contributed by atoms with E-state index in [2.05, 4.69) is 50.3 Å². The standard InChI is InChI=1S/C23H26BrN5O3/c1-4-28(5-2)20-8-6-17(14-30)22(11-20)32-15-19-12-29(27-26-19)13-23(31)25-21-9-7-18(24)10-16(21)3/h6-12,14H,4-5,13,15H2,1-3H3,(H,25,31). The predicted molar refractivity (Wildman–Crippen MR) is 127 cm³/mol. The maximum absolute atomic E-state index is 12.4. The molecule has 0 aliphatic heterocycles. The number of aldehydes is 1. The van der Waals surface area contributed by atoms with Crippen molar-refractivity contribution < 1.29 is 14.3 Å². The second kappa shape index (κ2) is 10.9. The van der Waals surface area contributed by atoms with Crippen molar-refractivity contribution in [3.05, 3.63) is 63.9 Å². The predicted octanol–water partition coefficient (Wildman–Crippen LogP) is 4.23. The van der Waals surface area contributed by atoms with E-state index in [0.29, 0.717) is 17.0 Å². The van der Waals surface area contributed by atoms with Crippen molar-refractivity contribution in [3.63, 3.8) is 0 Å². The van der Waals surface area contributed by atoms with Crippen LogP contribution in [0.15, 0.2) is 47.1 Å². The van der Waals surface area contributed by atoms with Gasteiger partial charge in [0.15, 0.2) is 6.29 Å². The van der Waals surface area contributed by atoms with E-state index in [1.807, 2.05) is 37.3 Å². The van der Waals surface area contributed by atoms with Gasteiger partial charge < -0.3 is 15.0 Å². The second-order valence-corrected chi connectivity index (χ2v) is 8.13. The Morgan fingerprint density at radius 2 is 2.00 bits per heavy atom. The first-order valence-corrected chi connectivity index (χ1v) is 11.1. The smallest absolute Gasteiger partial charge is 0.246 e. The molecule has 0 fully saturated rings. The number of benzene rings is 2. The molecule has 0 bridgehead atoms. The number of amides is 1. The molecule has 32 heavy (non-hydrogen) atoms. The molecule has 1 amide bonds. The highest BCUT2D eigenvalue weighted by Crippen LogP contribution is 2.25. The molecule has 8 nitrogen and oxygen atoms in total. The van der Waals surface area contributed by atoms with Gasteiger partial charge in [-0.1, -0.05) is 21.1 Å². The average Bonchev–Trinajstić information content (AvgIpc) is 3.22. The van der Waals surface area contributed by atoms with Gasteiger partial charge in [-0.15, -0.1) is 5.10 Å². The Morgan fingerprint density at radius 1 is 1.22 bits per heavy atom. The molecule has 0 saturated heterocycles.